The smallest absolute Gasteiger partial charge is 1.00 e. The van der Waals surface area contributed by atoms with Gasteiger partial charge in [-0.1, -0.05) is 0 Å². The maximum Gasteiger partial charge on any atom is 3.00 e. The summed E-state index contributed by atoms with van der Waals surface area (Å²) >= 11 is 0. The minimum Gasteiger partial charge on any atom is -1.00 e. The first-order chi connectivity index (χ1) is 0. The standard InChI is InChI=1S/Ca.3ClH.Fe.2H/h;3*1H;;;/q+2;;;;+3;2*-1/p-3. The molecule has 0 saturated heterocycles. The zero-order valence-corrected chi connectivity index (χ0v) is 7.77. The quantitative estimate of drug-likeness (QED) is 0.344. The van der Waals surface area contributed by atoms with E-state index in [1.807, 2.05) is 0 Å². The van der Waals surface area contributed by atoms with Crippen molar-refractivity contribution < 1.29 is 57.1 Å². The van der Waals surface area contributed by atoms with E-state index < -0.39 is 0 Å². The van der Waals surface area contributed by atoms with Crippen molar-refractivity contribution in [3.05, 3.63) is 0 Å². The van der Waals surface area contributed by atoms with Crippen LogP contribution in [-0.4, -0.2) is 37.7 Å². The minimum atomic E-state index is 0. The molecule has 0 aromatic rings. The molecule has 0 amide bonds. The van der Waals surface area contributed by atoms with Gasteiger partial charge < -0.3 is 40.1 Å². The number of halogens is 3. The van der Waals surface area contributed by atoms with E-state index in [1.54, 1.807) is 0 Å². The zero-order valence-electron chi connectivity index (χ0n) is 4.19. The fourth-order valence-electron chi connectivity index (χ4n) is 0. The molecule has 0 atom stereocenters. The second-order valence-corrected chi connectivity index (χ2v) is 0. The van der Waals surface area contributed by atoms with Crippen molar-refractivity contribution in [3.8, 4) is 0 Å². The van der Waals surface area contributed by atoms with Crippen molar-refractivity contribution in [2.75, 3.05) is 0 Å². The Morgan fingerprint density at radius 1 is 0.800 bits per heavy atom. The average molecular weight is 204 g/mol. The SMILES string of the molecule is [Ca+2].[Cl-].[Cl-].[Cl-].[Fe+3].[H-].[H-]. The molecule has 5 heteroatoms. The van der Waals surface area contributed by atoms with Crippen LogP contribution in [0.15, 0.2) is 0 Å². The molecule has 0 aromatic heterocycles. The summed E-state index contributed by atoms with van der Waals surface area (Å²) in [5.41, 5.74) is 0. The third-order valence-electron chi connectivity index (χ3n) is 0. The summed E-state index contributed by atoms with van der Waals surface area (Å²) in [5.74, 6) is 0. The Bertz CT molecular complexity index is 12.9. The third kappa shape index (κ3) is 20.5. The van der Waals surface area contributed by atoms with E-state index in [-0.39, 0.29) is 94.9 Å². The molecular formula is H2CaCl3Fe. The maximum atomic E-state index is 0. The number of rotatable bonds is 0. The Morgan fingerprint density at radius 3 is 0.800 bits per heavy atom. The summed E-state index contributed by atoms with van der Waals surface area (Å²) in [7, 11) is 0. The third-order valence-corrected chi connectivity index (χ3v) is 0. The van der Waals surface area contributed by atoms with Gasteiger partial charge in [-0.3, -0.25) is 0 Å². The van der Waals surface area contributed by atoms with Crippen LogP contribution in [0.1, 0.15) is 2.85 Å². The van der Waals surface area contributed by atoms with Crippen LogP contribution in [0.3, 0.4) is 0 Å². The van der Waals surface area contributed by atoms with Crippen LogP contribution in [0.5, 0.6) is 0 Å². The van der Waals surface area contributed by atoms with E-state index in [0.717, 1.165) is 0 Å². The number of hydrogen-bond donors (Lipinski definition) is 0. The van der Waals surface area contributed by atoms with Gasteiger partial charge in [0.05, 0.1) is 0 Å². The van der Waals surface area contributed by atoms with Crippen molar-refractivity contribution >= 4 is 37.7 Å². The summed E-state index contributed by atoms with van der Waals surface area (Å²) in [6, 6.07) is 0. The molecule has 0 aliphatic heterocycles. The first-order valence-corrected chi connectivity index (χ1v) is 0. The first-order valence-electron chi connectivity index (χ1n) is 0. The van der Waals surface area contributed by atoms with E-state index >= 15 is 0 Å². The molecule has 0 unspecified atom stereocenters. The average Bonchev–Trinajstić information content (AvgIpc) is 0. The molecule has 0 aliphatic carbocycles. The maximum absolute atomic E-state index is 0. The second-order valence-electron chi connectivity index (χ2n) is 0. The Labute approximate surface area is 93.5 Å². The topological polar surface area (TPSA) is 0 Å². The molecule has 0 nitrogen and oxygen atoms in total. The zero-order chi connectivity index (χ0) is 0. The van der Waals surface area contributed by atoms with Crippen LogP contribution in [-0.2, 0) is 17.1 Å². The normalized spacial score (nSPS) is 0. The molecule has 5 heavy (non-hydrogen) atoms. The van der Waals surface area contributed by atoms with Crippen molar-refractivity contribution in [2.24, 2.45) is 0 Å². The first kappa shape index (κ1) is 48.2. The van der Waals surface area contributed by atoms with Crippen LogP contribution < -0.4 is 37.2 Å². The predicted molar refractivity (Wildman–Crippen MR) is 7.98 cm³/mol. The van der Waals surface area contributed by atoms with Gasteiger partial charge in [0.2, 0.25) is 0 Å². The summed E-state index contributed by atoms with van der Waals surface area (Å²) in [6.45, 7) is 0. The monoisotopic (exact) mass is 203 g/mol. The van der Waals surface area contributed by atoms with E-state index in [1.165, 1.54) is 0 Å². The molecule has 0 saturated carbocycles. The van der Waals surface area contributed by atoms with Crippen LogP contribution >= 0.6 is 0 Å². The summed E-state index contributed by atoms with van der Waals surface area (Å²) < 4.78 is 0. The molecule has 33 valence electrons. The van der Waals surface area contributed by atoms with Crippen molar-refractivity contribution in [2.45, 2.75) is 0 Å². The molecule has 0 bridgehead atoms. The molecule has 0 aliphatic rings. The van der Waals surface area contributed by atoms with Crippen LogP contribution in [0.25, 0.3) is 0 Å². The molecule has 0 N–H and O–H groups in total. The van der Waals surface area contributed by atoms with Gasteiger partial charge in [0.15, 0.2) is 0 Å². The van der Waals surface area contributed by atoms with Crippen molar-refractivity contribution in [1.29, 1.82) is 0 Å². The van der Waals surface area contributed by atoms with E-state index in [2.05, 4.69) is 0 Å². The van der Waals surface area contributed by atoms with Gasteiger partial charge in [0.25, 0.3) is 0 Å². The number of hydrogen-bond acceptors (Lipinski definition) is 0. The minimum absolute atomic E-state index is 0. The Hall–Kier alpha value is 2.65. The summed E-state index contributed by atoms with van der Waals surface area (Å²) in [5, 5.41) is 0. The predicted octanol–water partition coefficient (Wildman–Crippen LogP) is -9.15. The molecule has 0 heterocycles. The Balaban J connectivity index is 0. The Kier molecular flexibility index (Phi) is 291. The van der Waals surface area contributed by atoms with Crippen molar-refractivity contribution in [3.63, 3.8) is 0 Å². The molecule has 0 spiro atoms. The van der Waals surface area contributed by atoms with Gasteiger partial charge in [0, 0.05) is 0 Å². The van der Waals surface area contributed by atoms with Gasteiger partial charge >= 0.3 is 54.8 Å². The molecule has 1 radical (unpaired) electrons. The van der Waals surface area contributed by atoms with Crippen molar-refractivity contribution in [1.82, 2.24) is 0 Å². The van der Waals surface area contributed by atoms with Gasteiger partial charge in [-0.15, -0.1) is 0 Å². The van der Waals surface area contributed by atoms with Gasteiger partial charge in [-0.2, -0.15) is 0 Å². The van der Waals surface area contributed by atoms with Crippen LogP contribution in [0, 0.1) is 0 Å². The van der Waals surface area contributed by atoms with Gasteiger partial charge in [-0.05, 0) is 0 Å². The van der Waals surface area contributed by atoms with Crippen LogP contribution in [0.2, 0.25) is 0 Å². The molecular weight excluding hydrogens is 202 g/mol. The Morgan fingerprint density at radius 2 is 0.800 bits per heavy atom. The van der Waals surface area contributed by atoms with Crippen LogP contribution in [0.4, 0.5) is 0 Å². The van der Waals surface area contributed by atoms with E-state index in [0.29, 0.717) is 0 Å². The largest absolute Gasteiger partial charge is 3.00 e. The molecule has 0 fully saturated rings. The fourth-order valence-corrected chi connectivity index (χ4v) is 0. The van der Waals surface area contributed by atoms with E-state index in [4.69, 9.17) is 0 Å². The second kappa shape index (κ2) is 30.2. The van der Waals surface area contributed by atoms with Gasteiger partial charge in [-0.25, -0.2) is 0 Å². The molecule has 0 rings (SSSR count). The summed E-state index contributed by atoms with van der Waals surface area (Å²) in [6.07, 6.45) is 0. The molecule has 0 aromatic carbocycles. The van der Waals surface area contributed by atoms with E-state index in [9.17, 15) is 0 Å². The fraction of sp³-hybridized carbons (Fsp3) is 0. The van der Waals surface area contributed by atoms with Gasteiger partial charge in [0.1, 0.15) is 0 Å². The summed E-state index contributed by atoms with van der Waals surface area (Å²) in [4.78, 5) is 0.